The number of hydrogen-bond donors (Lipinski definition) is 3. The molecule has 0 saturated carbocycles. The Morgan fingerprint density at radius 3 is 2.40 bits per heavy atom. The van der Waals surface area contributed by atoms with E-state index >= 15 is 0 Å². The molecule has 45 heavy (non-hydrogen) atoms. The molecule has 3 N–H and O–H groups in total. The monoisotopic (exact) mass is 748 g/mol. The number of fused-ring (bicyclic) bond motifs is 1. The predicted octanol–water partition coefficient (Wildman–Crippen LogP) is 5.33. The van der Waals surface area contributed by atoms with Crippen LogP contribution in [-0.2, 0) is 16.5 Å². The van der Waals surface area contributed by atoms with Crippen molar-refractivity contribution in [2.45, 2.75) is 42.8 Å². The number of carbonyl (C=O) groups excluding carboxylic acids is 3. The van der Waals surface area contributed by atoms with Crippen molar-refractivity contribution in [3.05, 3.63) is 76.9 Å². The molecule has 1 unspecified atom stereocenters. The molecule has 14 heteroatoms. The summed E-state index contributed by atoms with van der Waals surface area (Å²) in [5, 5.41) is 8.80. The van der Waals surface area contributed by atoms with E-state index in [1.54, 1.807) is 35.2 Å². The van der Waals surface area contributed by atoms with Crippen molar-refractivity contribution < 1.29 is 37.0 Å². The molecule has 3 atom stereocenters. The van der Waals surface area contributed by atoms with Gasteiger partial charge >= 0.3 is 6.09 Å². The van der Waals surface area contributed by atoms with Crippen LogP contribution in [0.15, 0.2) is 59.5 Å². The zero-order valence-corrected chi connectivity index (χ0v) is 28.0. The van der Waals surface area contributed by atoms with Crippen molar-refractivity contribution in [3.8, 4) is 11.5 Å². The third kappa shape index (κ3) is 6.66. The Labute approximate surface area is 273 Å². The second-order valence-corrected chi connectivity index (χ2v) is 15.5. The van der Waals surface area contributed by atoms with Crippen molar-refractivity contribution in [1.29, 1.82) is 0 Å². The van der Waals surface area contributed by atoms with E-state index in [0.717, 1.165) is 5.56 Å². The van der Waals surface area contributed by atoms with Gasteiger partial charge < -0.3 is 29.7 Å². The van der Waals surface area contributed by atoms with Crippen molar-refractivity contribution >= 4 is 57.5 Å². The standard InChI is InChI=1S/C31H33IN4O8S/c1-17-21-10-8-19(15-22(21)29(37)33-17)34-28(18-7-11-25(42-2)26(14-18)43-3)30(38)36-13-5-6-24(36)23-16-20(35-31(39)44-4)9-12-27(23)45(32,40)41/h7-12,14-17,24,28,34H,5-6,13H2,1-4H3,(H,33,37)(H,35,39)/t17?,24-,28-/m1/s1. The van der Waals surface area contributed by atoms with Gasteiger partial charge in [0.2, 0.25) is 12.9 Å². The first-order chi connectivity index (χ1) is 21.4. The van der Waals surface area contributed by atoms with Crippen molar-refractivity contribution in [1.82, 2.24) is 10.2 Å². The number of rotatable bonds is 9. The first-order valence-corrected chi connectivity index (χ1v) is 18.1. The Bertz CT molecular complexity index is 1770. The van der Waals surface area contributed by atoms with Gasteiger partial charge in [-0.25, -0.2) is 13.2 Å². The maximum atomic E-state index is 14.6. The minimum Gasteiger partial charge on any atom is -0.493 e. The maximum Gasteiger partial charge on any atom is 0.411 e. The van der Waals surface area contributed by atoms with E-state index in [1.807, 2.05) is 19.1 Å². The number of halogens is 1. The second-order valence-electron chi connectivity index (χ2n) is 10.7. The molecule has 1 saturated heterocycles. The van der Waals surface area contributed by atoms with E-state index in [9.17, 15) is 22.8 Å². The van der Waals surface area contributed by atoms with Gasteiger partial charge in [-0.05, 0) is 78.9 Å². The number of hydrogen-bond acceptors (Lipinski definition) is 9. The maximum absolute atomic E-state index is 14.6. The molecule has 0 bridgehead atoms. The zero-order valence-electron chi connectivity index (χ0n) is 25.0. The van der Waals surface area contributed by atoms with Gasteiger partial charge in [0.1, 0.15) is 6.04 Å². The lowest BCUT2D eigenvalue weighted by Gasteiger charge is -2.31. The molecule has 238 valence electrons. The molecule has 0 radical (unpaired) electrons. The van der Waals surface area contributed by atoms with Gasteiger partial charge in [0, 0.05) is 23.5 Å². The van der Waals surface area contributed by atoms with Gasteiger partial charge in [-0.3, -0.25) is 14.9 Å². The Hall–Kier alpha value is -4.05. The Balaban J connectivity index is 1.57. The van der Waals surface area contributed by atoms with Gasteiger partial charge in [-0.1, -0.05) is 12.1 Å². The minimum atomic E-state index is -3.72. The lowest BCUT2D eigenvalue weighted by molar-refractivity contribution is -0.133. The molecular weight excluding hydrogens is 715 g/mol. The van der Waals surface area contributed by atoms with E-state index in [4.69, 9.17) is 14.2 Å². The van der Waals surface area contributed by atoms with Crippen LogP contribution >= 0.6 is 21.2 Å². The SMILES string of the molecule is COC(=O)Nc1ccc(S(=O)(=O)I)c([C@H]2CCCN2C(=O)[C@H](Nc2ccc3c(c2)C(=O)NC3C)c2ccc(OC)c(OC)c2)c1. The lowest BCUT2D eigenvalue weighted by atomic mass is 10.00. The van der Waals surface area contributed by atoms with Gasteiger partial charge in [0.25, 0.3) is 5.91 Å². The molecule has 0 spiro atoms. The van der Waals surface area contributed by atoms with Crippen LogP contribution in [0, 0.1) is 0 Å². The third-order valence-corrected chi connectivity index (χ3v) is 10.3. The number of ether oxygens (including phenoxy) is 3. The predicted molar refractivity (Wildman–Crippen MR) is 176 cm³/mol. The molecule has 2 heterocycles. The number of carbonyl (C=O) groups is 3. The van der Waals surface area contributed by atoms with Crippen LogP contribution in [0.25, 0.3) is 0 Å². The summed E-state index contributed by atoms with van der Waals surface area (Å²) >= 11 is 1.38. The smallest absolute Gasteiger partial charge is 0.411 e. The quantitative estimate of drug-likeness (QED) is 0.195. The molecule has 0 aliphatic carbocycles. The number of likely N-dealkylation sites (tertiary alicyclic amines) is 1. The lowest BCUT2D eigenvalue weighted by Crippen LogP contribution is -2.38. The highest BCUT2D eigenvalue weighted by Gasteiger charge is 2.38. The highest BCUT2D eigenvalue weighted by molar-refractivity contribution is 14.2. The van der Waals surface area contributed by atoms with Gasteiger partial charge in [-0.2, -0.15) is 0 Å². The van der Waals surface area contributed by atoms with Gasteiger partial charge in [-0.15, -0.1) is 0 Å². The third-order valence-electron chi connectivity index (χ3n) is 8.01. The summed E-state index contributed by atoms with van der Waals surface area (Å²) in [6.45, 7) is 2.27. The fourth-order valence-electron chi connectivity index (χ4n) is 5.86. The number of methoxy groups -OCH3 is 3. The minimum absolute atomic E-state index is 0.0533. The molecule has 0 aromatic heterocycles. The number of nitrogens with zero attached hydrogens (tertiary/aromatic N) is 1. The van der Waals surface area contributed by atoms with Crippen LogP contribution in [0.1, 0.15) is 64.9 Å². The van der Waals surface area contributed by atoms with E-state index < -0.39 is 25.2 Å². The molecule has 3 aromatic carbocycles. The molecular formula is C31H33IN4O8S. The highest BCUT2D eigenvalue weighted by Crippen LogP contribution is 2.41. The second kappa shape index (κ2) is 13.1. The Morgan fingerprint density at radius 1 is 0.978 bits per heavy atom. The van der Waals surface area contributed by atoms with E-state index in [-0.39, 0.29) is 22.8 Å². The van der Waals surface area contributed by atoms with Crippen LogP contribution in [0.4, 0.5) is 16.2 Å². The van der Waals surface area contributed by atoms with Crippen LogP contribution in [0.5, 0.6) is 11.5 Å². The van der Waals surface area contributed by atoms with E-state index in [1.165, 1.54) is 54.7 Å². The summed E-state index contributed by atoms with van der Waals surface area (Å²) in [7, 11) is 0.532. The average molecular weight is 749 g/mol. The fraction of sp³-hybridized carbons (Fsp3) is 0.323. The topological polar surface area (TPSA) is 152 Å². The van der Waals surface area contributed by atoms with E-state index in [0.29, 0.717) is 59.0 Å². The molecule has 1 fully saturated rings. The molecule has 2 aliphatic rings. The van der Waals surface area contributed by atoms with Gasteiger partial charge in [0.15, 0.2) is 11.5 Å². The summed E-state index contributed by atoms with van der Waals surface area (Å²) in [5.41, 5.74) is 3.24. The fourth-order valence-corrected chi connectivity index (χ4v) is 7.77. The summed E-state index contributed by atoms with van der Waals surface area (Å²) in [6, 6.07) is 13.4. The average Bonchev–Trinajstić information content (AvgIpc) is 3.62. The molecule has 2 aliphatic heterocycles. The summed E-state index contributed by atoms with van der Waals surface area (Å²) < 4.78 is 41.3. The molecule has 3 aromatic rings. The van der Waals surface area contributed by atoms with Crippen molar-refractivity contribution in [2.24, 2.45) is 0 Å². The van der Waals surface area contributed by atoms with Crippen molar-refractivity contribution in [2.75, 3.05) is 38.5 Å². The van der Waals surface area contributed by atoms with E-state index in [2.05, 4.69) is 16.0 Å². The summed E-state index contributed by atoms with van der Waals surface area (Å²) in [4.78, 5) is 40.8. The number of nitrogens with one attached hydrogen (secondary N) is 3. The summed E-state index contributed by atoms with van der Waals surface area (Å²) in [6.07, 6.45) is 0.421. The van der Waals surface area contributed by atoms with Gasteiger partial charge in [0.05, 0.1) is 59.5 Å². The van der Waals surface area contributed by atoms with Crippen LogP contribution in [0.3, 0.4) is 0 Å². The van der Waals surface area contributed by atoms with Crippen LogP contribution in [-0.4, -0.2) is 59.1 Å². The highest BCUT2D eigenvalue weighted by atomic mass is 127. The Kier molecular flexibility index (Phi) is 9.44. The molecule has 5 rings (SSSR count). The number of benzene rings is 3. The normalized spacial score (nSPS) is 18.1. The Morgan fingerprint density at radius 2 is 1.71 bits per heavy atom. The number of amides is 3. The molecule has 3 amide bonds. The first-order valence-electron chi connectivity index (χ1n) is 14.1. The van der Waals surface area contributed by atoms with Crippen LogP contribution in [0.2, 0.25) is 0 Å². The first kappa shape index (κ1) is 32.3. The summed E-state index contributed by atoms with van der Waals surface area (Å²) in [5.74, 6) is 0.407. The molecule has 12 nitrogen and oxygen atoms in total. The zero-order chi connectivity index (χ0) is 32.5. The largest absolute Gasteiger partial charge is 0.493 e. The van der Waals surface area contributed by atoms with Crippen molar-refractivity contribution in [3.63, 3.8) is 0 Å². The van der Waals surface area contributed by atoms with Crippen LogP contribution < -0.4 is 25.4 Å². The number of anilines is 2.